The molecule has 0 heterocycles. The summed E-state index contributed by atoms with van der Waals surface area (Å²) in [6.07, 6.45) is 0. The summed E-state index contributed by atoms with van der Waals surface area (Å²) in [5.74, 6) is 0.546. The lowest BCUT2D eigenvalue weighted by Crippen LogP contribution is -2.36. The van der Waals surface area contributed by atoms with Crippen LogP contribution in [0.4, 0.5) is 10.1 Å². The standard InChI is InChI=1S/C20H23FN2O2/c1-4-23(14-15(2)3)20(24)13-22-18-10-5-6-11-19(18)25-17-9-7-8-16(21)12-17/h5-12,22H,2,4,13-14H2,1,3H3. The molecule has 0 unspecified atom stereocenters. The van der Waals surface area contributed by atoms with E-state index in [9.17, 15) is 9.18 Å². The number of anilines is 1. The molecule has 1 amide bonds. The van der Waals surface area contributed by atoms with Crippen LogP contribution in [0.25, 0.3) is 0 Å². The van der Waals surface area contributed by atoms with E-state index in [2.05, 4.69) is 11.9 Å². The van der Waals surface area contributed by atoms with Crippen molar-refractivity contribution in [3.8, 4) is 11.5 Å². The number of likely N-dealkylation sites (N-methyl/N-ethyl adjacent to an activating group) is 1. The van der Waals surface area contributed by atoms with Crippen molar-refractivity contribution < 1.29 is 13.9 Å². The third-order valence-corrected chi connectivity index (χ3v) is 3.54. The van der Waals surface area contributed by atoms with Crippen LogP contribution in [0.1, 0.15) is 13.8 Å². The highest BCUT2D eigenvalue weighted by Crippen LogP contribution is 2.29. The SMILES string of the molecule is C=C(C)CN(CC)C(=O)CNc1ccccc1Oc1cccc(F)c1. The van der Waals surface area contributed by atoms with Gasteiger partial charge in [0.25, 0.3) is 0 Å². The van der Waals surface area contributed by atoms with Gasteiger partial charge in [-0.3, -0.25) is 4.79 Å². The molecule has 132 valence electrons. The number of benzene rings is 2. The first-order valence-corrected chi connectivity index (χ1v) is 8.18. The molecule has 4 nitrogen and oxygen atoms in total. The van der Waals surface area contributed by atoms with E-state index < -0.39 is 0 Å². The van der Waals surface area contributed by atoms with Gasteiger partial charge in [-0.05, 0) is 38.1 Å². The predicted octanol–water partition coefficient (Wildman–Crippen LogP) is 4.45. The van der Waals surface area contributed by atoms with E-state index in [0.29, 0.717) is 30.3 Å². The van der Waals surface area contributed by atoms with Crippen molar-refractivity contribution in [2.45, 2.75) is 13.8 Å². The number of para-hydroxylation sites is 2. The number of amides is 1. The summed E-state index contributed by atoms with van der Waals surface area (Å²) in [5, 5.41) is 3.10. The van der Waals surface area contributed by atoms with Gasteiger partial charge in [0.05, 0.1) is 12.2 Å². The van der Waals surface area contributed by atoms with Crippen molar-refractivity contribution in [1.29, 1.82) is 0 Å². The zero-order valence-corrected chi connectivity index (χ0v) is 14.6. The van der Waals surface area contributed by atoms with Crippen LogP contribution in [-0.2, 0) is 4.79 Å². The molecule has 0 saturated heterocycles. The van der Waals surface area contributed by atoms with Crippen LogP contribution in [0, 0.1) is 5.82 Å². The van der Waals surface area contributed by atoms with Crippen molar-refractivity contribution in [2.24, 2.45) is 0 Å². The van der Waals surface area contributed by atoms with Crippen LogP contribution >= 0.6 is 0 Å². The molecule has 0 aliphatic heterocycles. The van der Waals surface area contributed by atoms with Crippen LogP contribution in [0.2, 0.25) is 0 Å². The van der Waals surface area contributed by atoms with Gasteiger partial charge < -0.3 is 15.0 Å². The summed E-state index contributed by atoms with van der Waals surface area (Å²) in [7, 11) is 0. The van der Waals surface area contributed by atoms with E-state index in [-0.39, 0.29) is 18.3 Å². The lowest BCUT2D eigenvalue weighted by atomic mass is 10.2. The Hall–Kier alpha value is -2.82. The second-order valence-corrected chi connectivity index (χ2v) is 5.77. The predicted molar refractivity (Wildman–Crippen MR) is 98.5 cm³/mol. The molecule has 0 atom stereocenters. The van der Waals surface area contributed by atoms with Gasteiger partial charge in [-0.2, -0.15) is 0 Å². The fourth-order valence-electron chi connectivity index (χ4n) is 2.34. The van der Waals surface area contributed by atoms with Crippen LogP contribution in [0.15, 0.2) is 60.7 Å². The first kappa shape index (κ1) is 18.5. The molecule has 0 aliphatic carbocycles. The Labute approximate surface area is 147 Å². The summed E-state index contributed by atoms with van der Waals surface area (Å²) < 4.78 is 19.0. The molecule has 2 aromatic carbocycles. The van der Waals surface area contributed by atoms with E-state index in [1.54, 1.807) is 23.1 Å². The highest BCUT2D eigenvalue weighted by Gasteiger charge is 2.12. The zero-order chi connectivity index (χ0) is 18.2. The lowest BCUT2D eigenvalue weighted by molar-refractivity contribution is -0.128. The third-order valence-electron chi connectivity index (χ3n) is 3.54. The molecular weight excluding hydrogens is 319 g/mol. The molecule has 0 spiro atoms. The molecule has 0 aromatic heterocycles. The van der Waals surface area contributed by atoms with Gasteiger partial charge in [0, 0.05) is 19.2 Å². The Balaban J connectivity index is 2.05. The molecule has 0 bridgehead atoms. The average molecular weight is 342 g/mol. The van der Waals surface area contributed by atoms with Gasteiger partial charge in [0.15, 0.2) is 5.75 Å². The summed E-state index contributed by atoms with van der Waals surface area (Å²) in [5.41, 5.74) is 1.61. The highest BCUT2D eigenvalue weighted by atomic mass is 19.1. The van der Waals surface area contributed by atoms with E-state index in [1.807, 2.05) is 32.0 Å². The third kappa shape index (κ3) is 5.64. The zero-order valence-electron chi connectivity index (χ0n) is 14.6. The van der Waals surface area contributed by atoms with E-state index >= 15 is 0 Å². The molecule has 5 heteroatoms. The Bertz CT molecular complexity index is 746. The van der Waals surface area contributed by atoms with Gasteiger partial charge in [-0.1, -0.05) is 30.4 Å². The van der Waals surface area contributed by atoms with Crippen molar-refractivity contribution >= 4 is 11.6 Å². The molecule has 0 aliphatic rings. The van der Waals surface area contributed by atoms with Crippen LogP contribution in [0.5, 0.6) is 11.5 Å². The summed E-state index contributed by atoms with van der Waals surface area (Å²) in [4.78, 5) is 14.1. The molecular formula is C20H23FN2O2. The Morgan fingerprint density at radius 3 is 2.68 bits per heavy atom. The summed E-state index contributed by atoms with van der Waals surface area (Å²) in [6.45, 7) is 8.98. The first-order valence-electron chi connectivity index (χ1n) is 8.18. The number of nitrogens with zero attached hydrogens (tertiary/aromatic N) is 1. The number of halogens is 1. The minimum Gasteiger partial charge on any atom is -0.455 e. The van der Waals surface area contributed by atoms with E-state index in [1.165, 1.54) is 12.1 Å². The molecule has 2 aromatic rings. The van der Waals surface area contributed by atoms with Gasteiger partial charge in [0.2, 0.25) is 5.91 Å². The number of carbonyl (C=O) groups is 1. The second-order valence-electron chi connectivity index (χ2n) is 5.77. The summed E-state index contributed by atoms with van der Waals surface area (Å²) in [6, 6.07) is 13.2. The van der Waals surface area contributed by atoms with Gasteiger partial charge in [-0.15, -0.1) is 0 Å². The molecule has 0 radical (unpaired) electrons. The molecule has 2 rings (SSSR count). The number of hydrogen-bond donors (Lipinski definition) is 1. The first-order chi connectivity index (χ1) is 12.0. The van der Waals surface area contributed by atoms with E-state index in [0.717, 1.165) is 5.57 Å². The second kappa shape index (κ2) is 8.87. The molecule has 0 saturated carbocycles. The van der Waals surface area contributed by atoms with Crippen LogP contribution < -0.4 is 10.1 Å². The summed E-state index contributed by atoms with van der Waals surface area (Å²) >= 11 is 0. The van der Waals surface area contributed by atoms with Crippen LogP contribution in [0.3, 0.4) is 0 Å². The quantitative estimate of drug-likeness (QED) is 0.721. The Morgan fingerprint density at radius 1 is 1.24 bits per heavy atom. The largest absolute Gasteiger partial charge is 0.455 e. The van der Waals surface area contributed by atoms with Crippen molar-refractivity contribution in [3.63, 3.8) is 0 Å². The fraction of sp³-hybridized carbons (Fsp3) is 0.250. The minimum absolute atomic E-state index is 0.0222. The monoisotopic (exact) mass is 342 g/mol. The number of rotatable bonds is 8. The Kier molecular flexibility index (Phi) is 6.57. The lowest BCUT2D eigenvalue weighted by Gasteiger charge is -2.22. The smallest absolute Gasteiger partial charge is 0.242 e. The van der Waals surface area contributed by atoms with Gasteiger partial charge in [0.1, 0.15) is 11.6 Å². The maximum absolute atomic E-state index is 13.3. The highest BCUT2D eigenvalue weighted by molar-refractivity contribution is 5.81. The van der Waals surface area contributed by atoms with Crippen molar-refractivity contribution in [2.75, 3.05) is 25.0 Å². The minimum atomic E-state index is -0.364. The normalized spacial score (nSPS) is 10.2. The number of nitrogens with one attached hydrogen (secondary N) is 1. The fourth-order valence-corrected chi connectivity index (χ4v) is 2.34. The van der Waals surface area contributed by atoms with E-state index in [4.69, 9.17) is 4.74 Å². The van der Waals surface area contributed by atoms with Gasteiger partial charge in [-0.25, -0.2) is 4.39 Å². The maximum Gasteiger partial charge on any atom is 0.242 e. The maximum atomic E-state index is 13.3. The molecule has 0 fully saturated rings. The number of hydrogen-bond acceptors (Lipinski definition) is 3. The topological polar surface area (TPSA) is 41.6 Å². The number of carbonyl (C=O) groups excluding carboxylic acids is 1. The van der Waals surface area contributed by atoms with Crippen molar-refractivity contribution in [3.05, 3.63) is 66.5 Å². The van der Waals surface area contributed by atoms with Crippen molar-refractivity contribution in [1.82, 2.24) is 4.90 Å². The molecule has 25 heavy (non-hydrogen) atoms. The Morgan fingerprint density at radius 2 is 2.00 bits per heavy atom. The average Bonchev–Trinajstić information content (AvgIpc) is 2.58. The number of ether oxygens (including phenoxy) is 1. The molecule has 1 N–H and O–H groups in total. The van der Waals surface area contributed by atoms with Crippen LogP contribution in [-0.4, -0.2) is 30.4 Å². The van der Waals surface area contributed by atoms with Gasteiger partial charge >= 0.3 is 0 Å².